The first-order chi connectivity index (χ1) is 13.3. The maximum Gasteiger partial charge on any atom is 0.237 e. The molecule has 0 bridgehead atoms. The number of nitrogens with zero attached hydrogens (tertiary/aromatic N) is 2. The molecule has 1 aromatic heterocycles. The molecule has 0 saturated carbocycles. The van der Waals surface area contributed by atoms with Gasteiger partial charge in [0, 0.05) is 19.6 Å². The third-order valence-corrected chi connectivity index (χ3v) is 4.70. The van der Waals surface area contributed by atoms with Gasteiger partial charge in [-0.05, 0) is 37.2 Å². The maximum atomic E-state index is 12.7. The van der Waals surface area contributed by atoms with Crippen LogP contribution in [0.5, 0.6) is 0 Å². The first-order valence-electron chi connectivity index (χ1n) is 9.66. The van der Waals surface area contributed by atoms with E-state index in [9.17, 15) is 4.79 Å². The van der Waals surface area contributed by atoms with Crippen molar-refractivity contribution in [1.82, 2.24) is 15.1 Å². The summed E-state index contributed by atoms with van der Waals surface area (Å²) in [6.45, 7) is 6.95. The molecule has 27 heavy (non-hydrogen) atoms. The lowest BCUT2D eigenvalue weighted by Crippen LogP contribution is -2.39. The lowest BCUT2D eigenvalue weighted by atomic mass is 10.2. The molecule has 1 N–H and O–H groups in total. The van der Waals surface area contributed by atoms with Crippen molar-refractivity contribution < 1.29 is 13.9 Å². The van der Waals surface area contributed by atoms with E-state index in [1.165, 1.54) is 0 Å². The molecule has 6 heteroatoms. The number of hydrogen-bond donors (Lipinski definition) is 1. The van der Waals surface area contributed by atoms with Gasteiger partial charge in [-0.1, -0.05) is 30.3 Å². The van der Waals surface area contributed by atoms with E-state index < -0.39 is 0 Å². The minimum Gasteiger partial charge on any atom is -0.467 e. The van der Waals surface area contributed by atoms with Crippen LogP contribution in [-0.2, 0) is 22.6 Å². The monoisotopic (exact) mass is 371 g/mol. The minimum absolute atomic E-state index is 0.0848. The summed E-state index contributed by atoms with van der Waals surface area (Å²) in [5, 5.41) is 3.29. The predicted molar refractivity (Wildman–Crippen MR) is 104 cm³/mol. The van der Waals surface area contributed by atoms with Crippen LogP contribution in [0.4, 0.5) is 0 Å². The van der Waals surface area contributed by atoms with Gasteiger partial charge in [0.1, 0.15) is 5.76 Å². The molecule has 1 fully saturated rings. The average Bonchev–Trinajstić information content (AvgIpc) is 3.22. The number of furan rings is 1. The number of hydrogen-bond acceptors (Lipinski definition) is 5. The van der Waals surface area contributed by atoms with Gasteiger partial charge < -0.3 is 19.4 Å². The SMILES string of the molecule is O=C(CNCCCN1CCOCC1)N(Cc1ccccc1)Cc1ccco1. The summed E-state index contributed by atoms with van der Waals surface area (Å²) in [5.74, 6) is 0.883. The number of amides is 1. The van der Waals surface area contributed by atoms with Crippen LogP contribution in [0, 0.1) is 0 Å². The highest BCUT2D eigenvalue weighted by atomic mass is 16.5. The number of benzene rings is 1. The number of carbonyl (C=O) groups excluding carboxylic acids is 1. The molecule has 146 valence electrons. The molecule has 1 amide bonds. The first-order valence-corrected chi connectivity index (χ1v) is 9.66. The standard InChI is InChI=1S/C21H29N3O3/c25-21(16-22-9-5-10-23-11-14-26-15-12-23)24(18-20-8-4-13-27-20)17-19-6-2-1-3-7-19/h1-4,6-8,13,22H,5,9-12,14-18H2. The Morgan fingerprint density at radius 1 is 1.07 bits per heavy atom. The molecule has 0 radical (unpaired) electrons. The summed E-state index contributed by atoms with van der Waals surface area (Å²) in [7, 11) is 0. The summed E-state index contributed by atoms with van der Waals surface area (Å²) in [6, 6.07) is 13.8. The van der Waals surface area contributed by atoms with Crippen LogP contribution < -0.4 is 5.32 Å². The molecule has 0 spiro atoms. The number of rotatable bonds is 10. The van der Waals surface area contributed by atoms with Gasteiger partial charge in [0.25, 0.3) is 0 Å². The maximum absolute atomic E-state index is 12.7. The van der Waals surface area contributed by atoms with E-state index >= 15 is 0 Å². The van der Waals surface area contributed by atoms with Crippen LogP contribution in [0.2, 0.25) is 0 Å². The summed E-state index contributed by atoms with van der Waals surface area (Å²) in [4.78, 5) is 17.0. The zero-order chi connectivity index (χ0) is 18.7. The fourth-order valence-electron chi connectivity index (χ4n) is 3.19. The van der Waals surface area contributed by atoms with Gasteiger partial charge in [-0.15, -0.1) is 0 Å². The van der Waals surface area contributed by atoms with Gasteiger partial charge in [0.15, 0.2) is 0 Å². The quantitative estimate of drug-likeness (QED) is 0.649. The van der Waals surface area contributed by atoms with E-state index in [2.05, 4.69) is 10.2 Å². The van der Waals surface area contributed by atoms with Crippen LogP contribution in [0.1, 0.15) is 17.7 Å². The van der Waals surface area contributed by atoms with Crippen LogP contribution in [0.3, 0.4) is 0 Å². The van der Waals surface area contributed by atoms with Crippen molar-refractivity contribution in [2.45, 2.75) is 19.5 Å². The molecule has 1 aromatic carbocycles. The van der Waals surface area contributed by atoms with Crippen molar-refractivity contribution in [2.24, 2.45) is 0 Å². The Bertz CT molecular complexity index is 655. The second-order valence-electron chi connectivity index (χ2n) is 6.80. The smallest absolute Gasteiger partial charge is 0.237 e. The molecular weight excluding hydrogens is 342 g/mol. The summed E-state index contributed by atoms with van der Waals surface area (Å²) >= 11 is 0. The molecule has 2 heterocycles. The second-order valence-corrected chi connectivity index (χ2v) is 6.80. The molecule has 0 unspecified atom stereocenters. The van der Waals surface area contributed by atoms with E-state index in [0.717, 1.165) is 57.1 Å². The summed E-state index contributed by atoms with van der Waals surface area (Å²) in [6.07, 6.45) is 2.68. The minimum atomic E-state index is 0.0848. The van der Waals surface area contributed by atoms with E-state index in [4.69, 9.17) is 9.15 Å². The van der Waals surface area contributed by atoms with Gasteiger partial charge in [-0.3, -0.25) is 9.69 Å². The van der Waals surface area contributed by atoms with E-state index in [1.54, 1.807) is 6.26 Å². The van der Waals surface area contributed by atoms with Crippen LogP contribution in [-0.4, -0.2) is 61.6 Å². The lowest BCUT2D eigenvalue weighted by Gasteiger charge is -2.26. The van der Waals surface area contributed by atoms with Crippen LogP contribution >= 0.6 is 0 Å². The van der Waals surface area contributed by atoms with Gasteiger partial charge in [-0.25, -0.2) is 0 Å². The molecule has 0 atom stereocenters. The molecular formula is C21H29N3O3. The Morgan fingerprint density at radius 2 is 1.89 bits per heavy atom. The highest BCUT2D eigenvalue weighted by molar-refractivity contribution is 5.78. The highest BCUT2D eigenvalue weighted by Gasteiger charge is 2.16. The molecule has 1 saturated heterocycles. The van der Waals surface area contributed by atoms with Crippen molar-refractivity contribution in [3.63, 3.8) is 0 Å². The van der Waals surface area contributed by atoms with Gasteiger partial charge in [0.2, 0.25) is 5.91 Å². The fourth-order valence-corrected chi connectivity index (χ4v) is 3.19. The number of morpholine rings is 1. The zero-order valence-corrected chi connectivity index (χ0v) is 15.8. The Kier molecular flexibility index (Phi) is 7.89. The number of ether oxygens (including phenoxy) is 1. The number of nitrogens with one attached hydrogen (secondary N) is 1. The second kappa shape index (κ2) is 10.9. The molecule has 1 aliphatic heterocycles. The Labute approximate surface area is 161 Å². The van der Waals surface area contributed by atoms with E-state index in [0.29, 0.717) is 19.6 Å². The molecule has 6 nitrogen and oxygen atoms in total. The summed E-state index contributed by atoms with van der Waals surface area (Å²) in [5.41, 5.74) is 1.12. The number of carbonyl (C=O) groups is 1. The molecule has 3 rings (SSSR count). The molecule has 0 aliphatic carbocycles. The van der Waals surface area contributed by atoms with E-state index in [1.807, 2.05) is 47.4 Å². The predicted octanol–water partition coefficient (Wildman–Crippen LogP) is 2.12. The molecule has 1 aliphatic rings. The van der Waals surface area contributed by atoms with Gasteiger partial charge in [0.05, 0.1) is 32.6 Å². The normalized spacial score (nSPS) is 15.0. The van der Waals surface area contributed by atoms with Crippen LogP contribution in [0.15, 0.2) is 53.1 Å². The van der Waals surface area contributed by atoms with E-state index in [-0.39, 0.29) is 5.91 Å². The first kappa shape index (κ1) is 19.6. The van der Waals surface area contributed by atoms with Crippen molar-refractivity contribution in [3.05, 3.63) is 60.1 Å². The average molecular weight is 371 g/mol. The Morgan fingerprint density at radius 3 is 2.63 bits per heavy atom. The third kappa shape index (κ3) is 6.82. The Balaban J connectivity index is 1.43. The van der Waals surface area contributed by atoms with Crippen molar-refractivity contribution >= 4 is 5.91 Å². The van der Waals surface area contributed by atoms with Gasteiger partial charge >= 0.3 is 0 Å². The zero-order valence-electron chi connectivity index (χ0n) is 15.8. The molecule has 2 aromatic rings. The van der Waals surface area contributed by atoms with Crippen molar-refractivity contribution in [1.29, 1.82) is 0 Å². The topological polar surface area (TPSA) is 58.0 Å². The van der Waals surface area contributed by atoms with Crippen molar-refractivity contribution in [3.8, 4) is 0 Å². The van der Waals surface area contributed by atoms with Gasteiger partial charge in [-0.2, -0.15) is 0 Å². The third-order valence-electron chi connectivity index (χ3n) is 4.70. The highest BCUT2D eigenvalue weighted by Crippen LogP contribution is 2.10. The lowest BCUT2D eigenvalue weighted by molar-refractivity contribution is -0.131. The van der Waals surface area contributed by atoms with Crippen LogP contribution in [0.25, 0.3) is 0 Å². The largest absolute Gasteiger partial charge is 0.467 e. The fraction of sp³-hybridized carbons (Fsp3) is 0.476. The Hall–Kier alpha value is -2.15. The van der Waals surface area contributed by atoms with Crippen molar-refractivity contribution in [2.75, 3.05) is 45.9 Å². The summed E-state index contributed by atoms with van der Waals surface area (Å²) < 4.78 is 10.8.